The van der Waals surface area contributed by atoms with Gasteiger partial charge in [0.2, 0.25) is 0 Å². The molecule has 2 N–H and O–H groups in total. The average Bonchev–Trinajstić information content (AvgIpc) is 2.53. The minimum absolute atomic E-state index is 0.318. The predicted octanol–water partition coefficient (Wildman–Crippen LogP) is 2.81. The fraction of sp³-hybridized carbons (Fsp3) is 0.714. The quantitative estimate of drug-likeness (QED) is 0.874. The van der Waals surface area contributed by atoms with Gasteiger partial charge in [-0.05, 0) is 25.2 Å². The van der Waals surface area contributed by atoms with E-state index in [9.17, 15) is 0 Å². The van der Waals surface area contributed by atoms with Gasteiger partial charge in [-0.1, -0.05) is 20.8 Å². The Hall–Kier alpha value is -1.32. The summed E-state index contributed by atoms with van der Waals surface area (Å²) in [7, 11) is 0. The van der Waals surface area contributed by atoms with Gasteiger partial charge in [-0.2, -0.15) is 0 Å². The van der Waals surface area contributed by atoms with Crippen molar-refractivity contribution in [2.45, 2.75) is 46.0 Å². The first-order valence-electron chi connectivity index (χ1n) is 6.95. The summed E-state index contributed by atoms with van der Waals surface area (Å²) in [6.07, 6.45) is 3.79. The molecule has 1 saturated heterocycles. The van der Waals surface area contributed by atoms with E-state index in [2.05, 4.69) is 35.6 Å². The molecule has 1 aromatic rings. The van der Waals surface area contributed by atoms with Crippen LogP contribution in [0.2, 0.25) is 0 Å². The second kappa shape index (κ2) is 5.55. The molecule has 100 valence electrons. The molecular formula is C14H24N4. The maximum atomic E-state index is 5.89. The van der Waals surface area contributed by atoms with E-state index >= 15 is 0 Å². The number of nitrogens with two attached hydrogens (primary N) is 1. The summed E-state index contributed by atoms with van der Waals surface area (Å²) in [5.41, 5.74) is 5.89. The summed E-state index contributed by atoms with van der Waals surface area (Å²) in [6, 6.07) is 1.90. The van der Waals surface area contributed by atoms with Crippen LogP contribution in [0.5, 0.6) is 0 Å². The highest BCUT2D eigenvalue weighted by molar-refractivity contribution is 5.47. The number of hydrogen-bond acceptors (Lipinski definition) is 4. The number of nitrogens with zero attached hydrogens (tertiary/aromatic N) is 3. The van der Waals surface area contributed by atoms with Gasteiger partial charge in [-0.3, -0.25) is 0 Å². The first-order valence-corrected chi connectivity index (χ1v) is 6.95. The molecule has 18 heavy (non-hydrogen) atoms. The van der Waals surface area contributed by atoms with Gasteiger partial charge in [0.05, 0.1) is 0 Å². The molecule has 1 fully saturated rings. The third-order valence-corrected chi connectivity index (χ3v) is 3.61. The summed E-state index contributed by atoms with van der Waals surface area (Å²) in [5, 5.41) is 0. The molecular weight excluding hydrogens is 224 g/mol. The number of aromatic nitrogens is 2. The topological polar surface area (TPSA) is 55.0 Å². The average molecular weight is 248 g/mol. The van der Waals surface area contributed by atoms with Crippen LogP contribution < -0.4 is 10.6 Å². The standard InChI is InChI=1S/C14H24N4/c1-10(2)14-16-12(15)9-13(17-14)18-7-4-5-11(3)6-8-18/h9-11H,4-8H2,1-3H3,(H2,15,16,17). The van der Waals surface area contributed by atoms with E-state index in [0.717, 1.165) is 30.6 Å². The molecule has 1 aliphatic heterocycles. The molecule has 0 amide bonds. The third-order valence-electron chi connectivity index (χ3n) is 3.61. The van der Waals surface area contributed by atoms with E-state index in [4.69, 9.17) is 5.73 Å². The van der Waals surface area contributed by atoms with Crippen LogP contribution in [0.3, 0.4) is 0 Å². The predicted molar refractivity (Wildman–Crippen MR) is 75.8 cm³/mol. The molecule has 2 rings (SSSR count). The Kier molecular flexibility index (Phi) is 4.04. The maximum absolute atomic E-state index is 5.89. The van der Waals surface area contributed by atoms with Gasteiger partial charge >= 0.3 is 0 Å². The highest BCUT2D eigenvalue weighted by Crippen LogP contribution is 2.23. The molecule has 0 spiro atoms. The van der Waals surface area contributed by atoms with Crippen molar-refractivity contribution in [2.24, 2.45) is 5.92 Å². The highest BCUT2D eigenvalue weighted by atomic mass is 15.2. The second-order valence-electron chi connectivity index (χ2n) is 5.69. The summed E-state index contributed by atoms with van der Waals surface area (Å²) in [6.45, 7) is 8.69. The van der Waals surface area contributed by atoms with Gasteiger partial charge in [-0.15, -0.1) is 0 Å². The van der Waals surface area contributed by atoms with Crippen molar-refractivity contribution >= 4 is 11.6 Å². The van der Waals surface area contributed by atoms with Gasteiger partial charge in [0, 0.05) is 25.1 Å². The molecule has 1 atom stereocenters. The van der Waals surface area contributed by atoms with Gasteiger partial charge in [0.1, 0.15) is 17.5 Å². The highest BCUT2D eigenvalue weighted by Gasteiger charge is 2.17. The van der Waals surface area contributed by atoms with Gasteiger partial charge in [0.15, 0.2) is 0 Å². The van der Waals surface area contributed by atoms with E-state index in [0.29, 0.717) is 11.7 Å². The Morgan fingerprint density at radius 3 is 2.78 bits per heavy atom. The lowest BCUT2D eigenvalue weighted by molar-refractivity contribution is 0.521. The van der Waals surface area contributed by atoms with E-state index in [1.807, 2.05) is 6.07 Å². The van der Waals surface area contributed by atoms with Crippen LogP contribution in [-0.2, 0) is 0 Å². The molecule has 1 aliphatic rings. The Balaban J connectivity index is 2.21. The van der Waals surface area contributed by atoms with Gasteiger partial charge in [-0.25, -0.2) is 9.97 Å². The Bertz CT molecular complexity index is 403. The van der Waals surface area contributed by atoms with Crippen molar-refractivity contribution in [3.8, 4) is 0 Å². The fourth-order valence-electron chi connectivity index (χ4n) is 2.38. The molecule has 0 saturated carbocycles. The van der Waals surface area contributed by atoms with E-state index in [-0.39, 0.29) is 0 Å². The third kappa shape index (κ3) is 3.12. The Morgan fingerprint density at radius 1 is 1.28 bits per heavy atom. The van der Waals surface area contributed by atoms with E-state index in [1.165, 1.54) is 19.3 Å². The zero-order valence-electron chi connectivity index (χ0n) is 11.7. The SMILES string of the molecule is CC1CCCN(c2cc(N)nc(C(C)C)n2)CC1. The molecule has 1 aromatic heterocycles. The van der Waals surface area contributed by atoms with Crippen LogP contribution in [0.4, 0.5) is 11.6 Å². The molecule has 0 radical (unpaired) electrons. The smallest absolute Gasteiger partial charge is 0.135 e. The minimum Gasteiger partial charge on any atom is -0.384 e. The first kappa shape index (κ1) is 13.1. The van der Waals surface area contributed by atoms with E-state index in [1.54, 1.807) is 0 Å². The lowest BCUT2D eigenvalue weighted by Gasteiger charge is -2.22. The molecule has 2 heterocycles. The summed E-state index contributed by atoms with van der Waals surface area (Å²) in [4.78, 5) is 11.3. The van der Waals surface area contributed by atoms with Crippen LogP contribution in [0.25, 0.3) is 0 Å². The van der Waals surface area contributed by atoms with Crippen molar-refractivity contribution < 1.29 is 0 Å². The van der Waals surface area contributed by atoms with Crippen molar-refractivity contribution in [3.63, 3.8) is 0 Å². The van der Waals surface area contributed by atoms with Crippen molar-refractivity contribution in [2.75, 3.05) is 23.7 Å². The molecule has 0 aromatic carbocycles. The lowest BCUT2D eigenvalue weighted by atomic mass is 10.0. The van der Waals surface area contributed by atoms with Crippen molar-refractivity contribution in [1.29, 1.82) is 0 Å². The Morgan fingerprint density at radius 2 is 2.06 bits per heavy atom. The number of nitrogen functional groups attached to an aromatic ring is 1. The van der Waals surface area contributed by atoms with Gasteiger partial charge < -0.3 is 10.6 Å². The number of anilines is 2. The number of rotatable bonds is 2. The van der Waals surface area contributed by atoms with Gasteiger partial charge in [0.25, 0.3) is 0 Å². The van der Waals surface area contributed by atoms with Crippen molar-refractivity contribution in [3.05, 3.63) is 11.9 Å². The zero-order chi connectivity index (χ0) is 13.1. The summed E-state index contributed by atoms with van der Waals surface area (Å²) < 4.78 is 0. The molecule has 4 nitrogen and oxygen atoms in total. The first-order chi connectivity index (χ1) is 8.56. The van der Waals surface area contributed by atoms with Crippen LogP contribution in [0, 0.1) is 5.92 Å². The maximum Gasteiger partial charge on any atom is 0.135 e. The molecule has 4 heteroatoms. The minimum atomic E-state index is 0.318. The summed E-state index contributed by atoms with van der Waals surface area (Å²) >= 11 is 0. The molecule has 0 bridgehead atoms. The zero-order valence-corrected chi connectivity index (χ0v) is 11.7. The van der Waals surface area contributed by atoms with Crippen molar-refractivity contribution in [1.82, 2.24) is 9.97 Å². The lowest BCUT2D eigenvalue weighted by Crippen LogP contribution is -2.26. The largest absolute Gasteiger partial charge is 0.384 e. The Labute approximate surface area is 110 Å². The van der Waals surface area contributed by atoms with Crippen LogP contribution >= 0.6 is 0 Å². The molecule has 1 unspecified atom stereocenters. The van der Waals surface area contributed by atoms with Crippen LogP contribution in [0.1, 0.15) is 51.8 Å². The van der Waals surface area contributed by atoms with Crippen LogP contribution in [-0.4, -0.2) is 23.1 Å². The van der Waals surface area contributed by atoms with E-state index < -0.39 is 0 Å². The monoisotopic (exact) mass is 248 g/mol. The molecule has 0 aliphatic carbocycles. The summed E-state index contributed by atoms with van der Waals surface area (Å²) in [5.74, 6) is 3.57. The second-order valence-corrected chi connectivity index (χ2v) is 5.69. The van der Waals surface area contributed by atoms with Crippen LogP contribution in [0.15, 0.2) is 6.07 Å². The number of hydrogen-bond donors (Lipinski definition) is 1. The normalized spacial score (nSPS) is 21.1. The fourth-order valence-corrected chi connectivity index (χ4v) is 2.38.